The van der Waals surface area contributed by atoms with E-state index in [2.05, 4.69) is 20.6 Å². The van der Waals surface area contributed by atoms with E-state index in [0.29, 0.717) is 34.3 Å². The number of amides is 4. The molecule has 292 valence electrons. The highest BCUT2D eigenvalue weighted by molar-refractivity contribution is 6.31. The highest BCUT2D eigenvalue weighted by Gasteiger charge is 2.31. The van der Waals surface area contributed by atoms with E-state index in [0.717, 1.165) is 32.9 Å². The quantitative estimate of drug-likeness (QED) is 0.0992. The fourth-order valence-corrected chi connectivity index (χ4v) is 6.40. The second-order valence-electron chi connectivity index (χ2n) is 13.7. The van der Waals surface area contributed by atoms with Gasteiger partial charge in [0, 0.05) is 60.0 Å². The normalized spacial score (nSPS) is 13.1. The molecular formula is C42H44Cl2N6O6. The molecule has 0 fully saturated rings. The molecule has 0 saturated heterocycles. The van der Waals surface area contributed by atoms with Crippen molar-refractivity contribution in [3.05, 3.63) is 142 Å². The molecule has 0 aliphatic rings. The van der Waals surface area contributed by atoms with Crippen LogP contribution in [0.25, 0.3) is 21.8 Å². The smallest absolute Gasteiger partial charge is 0.268 e. The first-order valence-corrected chi connectivity index (χ1v) is 18.5. The summed E-state index contributed by atoms with van der Waals surface area (Å²) in [7, 11) is 6.26. The molecule has 2 aromatic heterocycles. The fourth-order valence-electron chi connectivity index (χ4n) is 6.04. The van der Waals surface area contributed by atoms with Crippen molar-refractivity contribution in [1.82, 2.24) is 30.4 Å². The Labute approximate surface area is 334 Å². The molecule has 14 heteroatoms. The second-order valence-corrected chi connectivity index (χ2v) is 14.6. The predicted octanol–water partition coefficient (Wildman–Crippen LogP) is 5.22. The van der Waals surface area contributed by atoms with Crippen molar-refractivity contribution >= 4 is 68.6 Å². The number of rotatable bonds is 12. The first-order valence-electron chi connectivity index (χ1n) is 17.7. The molecule has 0 radical (unpaired) electrons. The van der Waals surface area contributed by atoms with Crippen molar-refractivity contribution < 1.29 is 29.4 Å². The largest absolute Gasteiger partial charge is 0.381 e. The van der Waals surface area contributed by atoms with Gasteiger partial charge >= 0.3 is 0 Å². The number of H-pyrrole nitrogens is 2. The number of aromatic nitrogens is 2. The van der Waals surface area contributed by atoms with Gasteiger partial charge in [0.15, 0.2) is 12.2 Å². The molecule has 2 heterocycles. The molecule has 0 saturated carbocycles. The Morgan fingerprint density at radius 1 is 0.571 bits per heavy atom. The van der Waals surface area contributed by atoms with Crippen molar-refractivity contribution in [3.8, 4) is 0 Å². The zero-order valence-electron chi connectivity index (χ0n) is 31.3. The van der Waals surface area contributed by atoms with Crippen LogP contribution in [0.3, 0.4) is 0 Å². The Morgan fingerprint density at radius 3 is 1.27 bits per heavy atom. The van der Waals surface area contributed by atoms with Gasteiger partial charge in [-0.15, -0.1) is 0 Å². The number of likely N-dealkylation sites (N-methyl/N-ethyl adjacent to an activating group) is 2. The third-order valence-corrected chi connectivity index (χ3v) is 9.50. The SMILES string of the molecule is CN(C)C(=O)[C@H](O)[C@H](Cc1ccccc1)NC(=O)c1cc2cc(Cl)ccc2[nH]1.CN(C)C(=O)[C@H](O)[C@H](Cc1ccccc1)NC(=O)c1cc2cc(Cl)ccc2[nH]1. The molecule has 6 N–H and O–H groups in total. The van der Waals surface area contributed by atoms with E-state index in [1.54, 1.807) is 76.7 Å². The average Bonchev–Trinajstić information content (AvgIpc) is 3.81. The Bertz CT molecular complexity index is 2130. The predicted molar refractivity (Wildman–Crippen MR) is 219 cm³/mol. The van der Waals surface area contributed by atoms with Crippen molar-refractivity contribution in [2.45, 2.75) is 37.1 Å². The van der Waals surface area contributed by atoms with E-state index in [4.69, 9.17) is 23.2 Å². The van der Waals surface area contributed by atoms with Gasteiger partial charge in [-0.05, 0) is 72.5 Å². The maximum Gasteiger partial charge on any atom is 0.268 e. The van der Waals surface area contributed by atoms with Gasteiger partial charge in [-0.1, -0.05) is 83.9 Å². The standard InChI is InChI=1S/2C21H22ClN3O3/c2*1-25(2)21(28)19(26)17(10-13-6-4-3-5-7-13)24-20(27)18-12-14-11-15(22)8-9-16(14)23-18/h2*3-9,11-12,17,19,23,26H,10H2,1-2H3,(H,24,27)/t2*17-,19+/m00/s1. The summed E-state index contributed by atoms with van der Waals surface area (Å²) in [5.74, 6) is -1.74. The second kappa shape index (κ2) is 18.8. The Morgan fingerprint density at radius 2 is 0.929 bits per heavy atom. The van der Waals surface area contributed by atoms with Crippen LogP contribution in [0.15, 0.2) is 109 Å². The molecule has 4 atom stereocenters. The van der Waals surface area contributed by atoms with Crippen LogP contribution in [0, 0.1) is 0 Å². The van der Waals surface area contributed by atoms with E-state index >= 15 is 0 Å². The van der Waals surface area contributed by atoms with Crippen LogP contribution in [0.5, 0.6) is 0 Å². The van der Waals surface area contributed by atoms with Gasteiger partial charge in [-0.25, -0.2) is 0 Å². The molecule has 0 aliphatic carbocycles. The van der Waals surface area contributed by atoms with Gasteiger partial charge in [0.25, 0.3) is 23.6 Å². The molecule has 6 aromatic rings. The number of aromatic amines is 2. The minimum Gasteiger partial charge on any atom is -0.381 e. The number of carbonyl (C=O) groups excluding carboxylic acids is 4. The first kappa shape index (κ1) is 41.5. The van der Waals surface area contributed by atoms with Crippen LogP contribution < -0.4 is 10.6 Å². The third-order valence-electron chi connectivity index (χ3n) is 9.03. The van der Waals surface area contributed by atoms with Crippen LogP contribution >= 0.6 is 23.2 Å². The van der Waals surface area contributed by atoms with Crippen molar-refractivity contribution in [2.24, 2.45) is 0 Å². The van der Waals surface area contributed by atoms with Gasteiger partial charge in [0.2, 0.25) is 0 Å². The summed E-state index contributed by atoms with van der Waals surface area (Å²) >= 11 is 12.0. The molecule has 4 aromatic carbocycles. The summed E-state index contributed by atoms with van der Waals surface area (Å²) in [4.78, 5) is 58.8. The maximum absolute atomic E-state index is 12.8. The summed E-state index contributed by atoms with van der Waals surface area (Å²) < 4.78 is 0. The minimum absolute atomic E-state index is 0.319. The van der Waals surface area contributed by atoms with Gasteiger partial charge in [0.1, 0.15) is 11.4 Å². The van der Waals surface area contributed by atoms with Gasteiger partial charge in [-0.3, -0.25) is 19.2 Å². The number of hydrogen-bond acceptors (Lipinski definition) is 6. The Kier molecular flexibility index (Phi) is 13.9. The number of aliphatic hydroxyl groups is 2. The van der Waals surface area contributed by atoms with E-state index in [1.807, 2.05) is 60.7 Å². The van der Waals surface area contributed by atoms with Crippen molar-refractivity contribution in [3.63, 3.8) is 0 Å². The Balaban J connectivity index is 0.000000214. The summed E-state index contributed by atoms with van der Waals surface area (Å²) in [6, 6.07) is 31.2. The number of nitrogens with one attached hydrogen (secondary N) is 4. The molecule has 56 heavy (non-hydrogen) atoms. The molecule has 6 rings (SSSR count). The lowest BCUT2D eigenvalue weighted by atomic mass is 10.00. The Hall–Kier alpha value is -5.66. The number of fused-ring (bicyclic) bond motifs is 2. The fraction of sp³-hybridized carbons (Fsp3) is 0.238. The van der Waals surface area contributed by atoms with Gasteiger partial charge in [-0.2, -0.15) is 0 Å². The van der Waals surface area contributed by atoms with E-state index < -0.39 is 47.9 Å². The molecular weight excluding hydrogens is 755 g/mol. The van der Waals surface area contributed by atoms with Crippen molar-refractivity contribution in [2.75, 3.05) is 28.2 Å². The monoisotopic (exact) mass is 798 g/mol. The van der Waals surface area contributed by atoms with Crippen molar-refractivity contribution in [1.29, 1.82) is 0 Å². The number of nitrogens with zero attached hydrogens (tertiary/aromatic N) is 2. The van der Waals surface area contributed by atoms with E-state index in [1.165, 1.54) is 9.80 Å². The zero-order chi connectivity index (χ0) is 40.5. The van der Waals surface area contributed by atoms with Crippen LogP contribution in [0.2, 0.25) is 10.0 Å². The number of hydrogen-bond donors (Lipinski definition) is 6. The number of benzene rings is 4. The lowest BCUT2D eigenvalue weighted by Gasteiger charge is -2.25. The molecule has 0 bridgehead atoms. The lowest BCUT2D eigenvalue weighted by molar-refractivity contribution is -0.139. The van der Waals surface area contributed by atoms with Crippen LogP contribution in [0.4, 0.5) is 0 Å². The topological polar surface area (TPSA) is 171 Å². The molecule has 0 spiro atoms. The van der Waals surface area contributed by atoms with E-state index in [9.17, 15) is 29.4 Å². The molecule has 0 unspecified atom stereocenters. The molecule has 12 nitrogen and oxygen atoms in total. The summed E-state index contributed by atoms with van der Waals surface area (Å²) in [6.45, 7) is 0. The average molecular weight is 800 g/mol. The third kappa shape index (κ3) is 10.8. The zero-order valence-corrected chi connectivity index (χ0v) is 32.8. The van der Waals surface area contributed by atoms with Crippen LogP contribution in [0.1, 0.15) is 32.1 Å². The highest BCUT2D eigenvalue weighted by atomic mass is 35.5. The maximum atomic E-state index is 12.8. The van der Waals surface area contributed by atoms with Crippen LogP contribution in [-0.4, -0.2) is 106 Å². The number of aliphatic hydroxyl groups excluding tert-OH is 2. The highest BCUT2D eigenvalue weighted by Crippen LogP contribution is 2.22. The van der Waals surface area contributed by atoms with Crippen LogP contribution in [-0.2, 0) is 22.4 Å². The lowest BCUT2D eigenvalue weighted by Crippen LogP contribution is -2.51. The van der Waals surface area contributed by atoms with Gasteiger partial charge in [0.05, 0.1) is 12.1 Å². The minimum atomic E-state index is -1.36. The number of halogens is 2. The summed E-state index contributed by atoms with van der Waals surface area (Å²) in [5, 5.41) is 29.4. The van der Waals surface area contributed by atoms with E-state index in [-0.39, 0.29) is 0 Å². The number of carbonyl (C=O) groups is 4. The molecule has 4 amide bonds. The van der Waals surface area contributed by atoms with Gasteiger partial charge < -0.3 is 40.6 Å². The molecule has 0 aliphatic heterocycles. The summed E-state index contributed by atoms with van der Waals surface area (Å²) in [6.07, 6.45) is -2.09. The first-order chi connectivity index (χ1) is 26.7. The summed E-state index contributed by atoms with van der Waals surface area (Å²) in [5.41, 5.74) is 4.03.